The Kier molecular flexibility index (Phi) is 3.45. The molecule has 82 valence electrons. The van der Waals surface area contributed by atoms with E-state index in [-0.39, 0.29) is 6.42 Å². The van der Waals surface area contributed by atoms with E-state index < -0.39 is 0 Å². The van der Waals surface area contributed by atoms with Crippen LogP contribution in [0.3, 0.4) is 0 Å². The summed E-state index contributed by atoms with van der Waals surface area (Å²) in [6, 6.07) is 0. The van der Waals surface area contributed by atoms with Crippen molar-refractivity contribution in [3.63, 3.8) is 0 Å². The summed E-state index contributed by atoms with van der Waals surface area (Å²) in [5.74, 6) is 1.56. The zero-order valence-electron chi connectivity index (χ0n) is 8.52. The van der Waals surface area contributed by atoms with Crippen molar-refractivity contribution in [1.82, 2.24) is 10.1 Å². The van der Waals surface area contributed by atoms with Crippen LogP contribution in [-0.2, 0) is 22.4 Å². The first-order valence-electron chi connectivity index (χ1n) is 5.21. The number of carbonyl (C=O) groups is 1. The van der Waals surface area contributed by atoms with E-state index >= 15 is 0 Å². The Morgan fingerprint density at radius 2 is 2.47 bits per heavy atom. The molecular formula is C10H14N2O3. The first-order valence-corrected chi connectivity index (χ1v) is 5.21. The lowest BCUT2D eigenvalue weighted by Gasteiger charge is -2.20. The molecule has 5 nitrogen and oxygen atoms in total. The van der Waals surface area contributed by atoms with Crippen molar-refractivity contribution >= 4 is 6.29 Å². The minimum Gasteiger partial charge on any atom is -0.381 e. The largest absolute Gasteiger partial charge is 0.381 e. The number of aldehydes is 1. The van der Waals surface area contributed by atoms with E-state index in [1.165, 1.54) is 0 Å². The predicted octanol–water partition coefficient (Wildman–Crippen LogP) is 0.780. The fourth-order valence-corrected chi connectivity index (χ4v) is 1.75. The SMILES string of the molecule is O=CCc1noc(CC2CCCOC2)n1. The molecule has 0 spiro atoms. The van der Waals surface area contributed by atoms with Gasteiger partial charge < -0.3 is 14.1 Å². The Balaban J connectivity index is 1.88. The summed E-state index contributed by atoms with van der Waals surface area (Å²) < 4.78 is 10.4. The molecule has 1 atom stereocenters. The standard InChI is InChI=1S/C10H14N2O3/c13-4-3-9-11-10(15-12-9)6-8-2-1-5-14-7-8/h4,8H,1-3,5-7H2. The van der Waals surface area contributed by atoms with Crippen LogP contribution in [0.25, 0.3) is 0 Å². The topological polar surface area (TPSA) is 65.2 Å². The molecule has 1 saturated heterocycles. The summed E-state index contributed by atoms with van der Waals surface area (Å²) in [4.78, 5) is 14.4. The summed E-state index contributed by atoms with van der Waals surface area (Å²) >= 11 is 0. The van der Waals surface area contributed by atoms with Crippen molar-refractivity contribution in [2.24, 2.45) is 5.92 Å². The van der Waals surface area contributed by atoms with E-state index in [1.807, 2.05) is 0 Å². The number of hydrogen-bond acceptors (Lipinski definition) is 5. The van der Waals surface area contributed by atoms with E-state index in [1.54, 1.807) is 0 Å². The second-order valence-electron chi connectivity index (χ2n) is 3.76. The van der Waals surface area contributed by atoms with Crippen molar-refractivity contribution in [2.75, 3.05) is 13.2 Å². The molecule has 1 aromatic rings. The molecule has 0 radical (unpaired) electrons. The quantitative estimate of drug-likeness (QED) is 0.687. The molecule has 1 fully saturated rings. The molecule has 0 aliphatic carbocycles. The van der Waals surface area contributed by atoms with Crippen LogP contribution in [-0.4, -0.2) is 29.6 Å². The molecule has 1 unspecified atom stereocenters. The summed E-state index contributed by atoms with van der Waals surface area (Å²) in [5.41, 5.74) is 0. The van der Waals surface area contributed by atoms with Crippen LogP contribution in [0, 0.1) is 5.92 Å². The van der Waals surface area contributed by atoms with Gasteiger partial charge in [-0.15, -0.1) is 0 Å². The zero-order chi connectivity index (χ0) is 10.5. The molecule has 15 heavy (non-hydrogen) atoms. The maximum atomic E-state index is 10.2. The molecule has 1 aliphatic rings. The lowest BCUT2D eigenvalue weighted by molar-refractivity contribution is -0.107. The highest BCUT2D eigenvalue weighted by molar-refractivity contribution is 5.52. The second-order valence-corrected chi connectivity index (χ2v) is 3.76. The van der Waals surface area contributed by atoms with Gasteiger partial charge in [0.15, 0.2) is 5.82 Å². The number of carbonyl (C=O) groups excluding carboxylic acids is 1. The normalized spacial score (nSPS) is 21.5. The molecule has 2 heterocycles. The lowest BCUT2D eigenvalue weighted by Crippen LogP contribution is -2.19. The Morgan fingerprint density at radius 3 is 3.20 bits per heavy atom. The fourth-order valence-electron chi connectivity index (χ4n) is 1.75. The molecule has 0 aromatic carbocycles. The number of aromatic nitrogens is 2. The molecular weight excluding hydrogens is 196 g/mol. The van der Waals surface area contributed by atoms with E-state index in [9.17, 15) is 4.79 Å². The number of ether oxygens (including phenoxy) is 1. The number of hydrogen-bond donors (Lipinski definition) is 0. The van der Waals surface area contributed by atoms with Gasteiger partial charge in [-0.3, -0.25) is 0 Å². The average molecular weight is 210 g/mol. The average Bonchev–Trinajstić information content (AvgIpc) is 2.68. The van der Waals surface area contributed by atoms with Gasteiger partial charge in [-0.25, -0.2) is 0 Å². The van der Waals surface area contributed by atoms with Gasteiger partial charge in [0.1, 0.15) is 6.29 Å². The Morgan fingerprint density at radius 1 is 1.53 bits per heavy atom. The second kappa shape index (κ2) is 5.02. The highest BCUT2D eigenvalue weighted by atomic mass is 16.5. The Labute approximate surface area is 87.8 Å². The Hall–Kier alpha value is -1.23. The maximum absolute atomic E-state index is 10.2. The number of nitrogens with zero attached hydrogens (tertiary/aromatic N) is 2. The summed E-state index contributed by atoms with van der Waals surface area (Å²) in [7, 11) is 0. The molecule has 0 saturated carbocycles. The summed E-state index contributed by atoms with van der Waals surface area (Å²) in [6.07, 6.45) is 4.00. The van der Waals surface area contributed by atoms with E-state index in [0.717, 1.165) is 38.8 Å². The van der Waals surface area contributed by atoms with Crippen molar-refractivity contribution < 1.29 is 14.1 Å². The summed E-state index contributed by atoms with van der Waals surface area (Å²) in [5, 5.41) is 3.71. The molecule has 0 N–H and O–H groups in total. The highest BCUT2D eigenvalue weighted by Crippen LogP contribution is 2.17. The van der Waals surface area contributed by atoms with Crippen LogP contribution >= 0.6 is 0 Å². The van der Waals surface area contributed by atoms with Crippen LogP contribution in [0.15, 0.2) is 4.52 Å². The molecule has 0 amide bonds. The zero-order valence-corrected chi connectivity index (χ0v) is 8.52. The fraction of sp³-hybridized carbons (Fsp3) is 0.700. The van der Waals surface area contributed by atoms with Crippen LogP contribution in [0.2, 0.25) is 0 Å². The molecule has 1 aliphatic heterocycles. The van der Waals surface area contributed by atoms with Crippen LogP contribution in [0.4, 0.5) is 0 Å². The lowest BCUT2D eigenvalue weighted by atomic mass is 9.99. The van der Waals surface area contributed by atoms with Gasteiger partial charge in [-0.05, 0) is 18.8 Å². The summed E-state index contributed by atoms with van der Waals surface area (Å²) in [6.45, 7) is 1.63. The van der Waals surface area contributed by atoms with Gasteiger partial charge >= 0.3 is 0 Å². The van der Waals surface area contributed by atoms with Gasteiger partial charge in [-0.1, -0.05) is 5.16 Å². The molecule has 5 heteroatoms. The third-order valence-corrected chi connectivity index (χ3v) is 2.49. The molecule has 0 bridgehead atoms. The Bertz CT molecular complexity index is 318. The highest BCUT2D eigenvalue weighted by Gasteiger charge is 2.17. The van der Waals surface area contributed by atoms with Crippen molar-refractivity contribution in [3.8, 4) is 0 Å². The monoisotopic (exact) mass is 210 g/mol. The predicted molar refractivity (Wildman–Crippen MR) is 51.3 cm³/mol. The van der Waals surface area contributed by atoms with Gasteiger partial charge in [0.2, 0.25) is 5.89 Å². The third-order valence-electron chi connectivity index (χ3n) is 2.49. The minimum atomic E-state index is 0.227. The van der Waals surface area contributed by atoms with Crippen LogP contribution in [0.1, 0.15) is 24.6 Å². The van der Waals surface area contributed by atoms with Gasteiger partial charge in [0, 0.05) is 19.6 Å². The minimum absolute atomic E-state index is 0.227. The van der Waals surface area contributed by atoms with Gasteiger partial charge in [-0.2, -0.15) is 4.98 Å². The maximum Gasteiger partial charge on any atom is 0.227 e. The molecule has 1 aromatic heterocycles. The van der Waals surface area contributed by atoms with Gasteiger partial charge in [0.25, 0.3) is 0 Å². The first kappa shape index (κ1) is 10.3. The smallest absolute Gasteiger partial charge is 0.227 e. The molecule has 2 rings (SSSR count). The van der Waals surface area contributed by atoms with E-state index in [2.05, 4.69) is 10.1 Å². The van der Waals surface area contributed by atoms with E-state index in [4.69, 9.17) is 9.26 Å². The van der Waals surface area contributed by atoms with Gasteiger partial charge in [0.05, 0.1) is 6.42 Å². The van der Waals surface area contributed by atoms with Crippen molar-refractivity contribution in [3.05, 3.63) is 11.7 Å². The third kappa shape index (κ3) is 2.86. The van der Waals surface area contributed by atoms with Crippen LogP contribution < -0.4 is 0 Å². The number of rotatable bonds is 4. The van der Waals surface area contributed by atoms with Crippen molar-refractivity contribution in [1.29, 1.82) is 0 Å². The van der Waals surface area contributed by atoms with E-state index in [0.29, 0.717) is 17.6 Å². The van der Waals surface area contributed by atoms with Crippen molar-refractivity contribution in [2.45, 2.75) is 25.7 Å². The van der Waals surface area contributed by atoms with Crippen LogP contribution in [0.5, 0.6) is 0 Å². The first-order chi connectivity index (χ1) is 7.38.